The fraction of sp³-hybridized carbons (Fsp3) is 0.174. The van der Waals surface area contributed by atoms with Crippen LogP contribution in [0.25, 0.3) is 0 Å². The third kappa shape index (κ3) is 3.97. The molecule has 2 nitrogen and oxygen atoms in total. The number of nitrogens with one attached hydrogen (secondary N) is 1. The van der Waals surface area contributed by atoms with Gasteiger partial charge in [0.15, 0.2) is 0 Å². The highest BCUT2D eigenvalue weighted by molar-refractivity contribution is 5.96. The van der Waals surface area contributed by atoms with Crippen LogP contribution in [0.5, 0.6) is 0 Å². The lowest BCUT2D eigenvalue weighted by molar-refractivity contribution is 0.0942. The van der Waals surface area contributed by atoms with E-state index < -0.39 is 0 Å². The van der Waals surface area contributed by atoms with E-state index in [2.05, 4.69) is 36.5 Å². The second kappa shape index (κ2) is 7.35. The number of rotatable bonds is 4. The van der Waals surface area contributed by atoms with Gasteiger partial charge in [-0.3, -0.25) is 4.79 Å². The van der Waals surface area contributed by atoms with Gasteiger partial charge < -0.3 is 5.32 Å². The van der Waals surface area contributed by atoms with Crippen molar-refractivity contribution in [3.8, 4) is 0 Å². The molecule has 25 heavy (non-hydrogen) atoms. The quantitative estimate of drug-likeness (QED) is 0.706. The van der Waals surface area contributed by atoms with Crippen LogP contribution < -0.4 is 5.32 Å². The van der Waals surface area contributed by atoms with E-state index in [-0.39, 0.29) is 11.9 Å². The molecule has 126 valence electrons. The van der Waals surface area contributed by atoms with E-state index >= 15 is 0 Å². The van der Waals surface area contributed by atoms with E-state index in [9.17, 15) is 4.79 Å². The molecule has 0 unspecified atom stereocenters. The van der Waals surface area contributed by atoms with Crippen LogP contribution in [-0.4, -0.2) is 5.91 Å². The first-order valence-electron chi connectivity index (χ1n) is 8.54. The third-order valence-electron chi connectivity index (χ3n) is 4.45. The van der Waals surface area contributed by atoms with Crippen LogP contribution in [0.1, 0.15) is 44.2 Å². The number of hydrogen-bond acceptors (Lipinski definition) is 1. The van der Waals surface area contributed by atoms with Crippen LogP contribution in [0.15, 0.2) is 72.8 Å². The van der Waals surface area contributed by atoms with Gasteiger partial charge in [0.05, 0.1) is 6.04 Å². The molecule has 2 heteroatoms. The first-order valence-corrected chi connectivity index (χ1v) is 8.54. The van der Waals surface area contributed by atoms with E-state index in [0.717, 1.165) is 27.8 Å². The van der Waals surface area contributed by atoms with E-state index in [1.54, 1.807) is 0 Å². The third-order valence-corrected chi connectivity index (χ3v) is 4.45. The number of hydrogen-bond donors (Lipinski definition) is 1. The van der Waals surface area contributed by atoms with Gasteiger partial charge in [-0.15, -0.1) is 0 Å². The number of carbonyl (C=O) groups is 1. The summed E-state index contributed by atoms with van der Waals surface area (Å²) >= 11 is 0. The Morgan fingerprint density at radius 1 is 0.760 bits per heavy atom. The first kappa shape index (κ1) is 17.0. The van der Waals surface area contributed by atoms with Gasteiger partial charge in [-0.2, -0.15) is 0 Å². The zero-order valence-electron chi connectivity index (χ0n) is 14.9. The van der Waals surface area contributed by atoms with Crippen molar-refractivity contribution in [1.29, 1.82) is 0 Å². The molecule has 1 amide bonds. The van der Waals surface area contributed by atoms with E-state index in [1.807, 2.05) is 62.4 Å². The summed E-state index contributed by atoms with van der Waals surface area (Å²) in [5.74, 6) is -0.0491. The molecule has 3 aromatic rings. The summed E-state index contributed by atoms with van der Waals surface area (Å²) in [6.45, 7) is 6.08. The zero-order chi connectivity index (χ0) is 17.8. The van der Waals surface area contributed by atoms with Crippen molar-refractivity contribution < 1.29 is 4.79 Å². The van der Waals surface area contributed by atoms with Gasteiger partial charge in [-0.25, -0.2) is 0 Å². The monoisotopic (exact) mass is 329 g/mol. The summed E-state index contributed by atoms with van der Waals surface area (Å²) in [6.07, 6.45) is 0. The lowest BCUT2D eigenvalue weighted by Crippen LogP contribution is -2.29. The Hall–Kier alpha value is -2.87. The maximum absolute atomic E-state index is 12.9. The molecule has 0 aliphatic heterocycles. The van der Waals surface area contributed by atoms with Gasteiger partial charge in [0.2, 0.25) is 0 Å². The summed E-state index contributed by atoms with van der Waals surface area (Å²) in [5, 5.41) is 3.21. The molecule has 1 atom stereocenters. The molecule has 0 heterocycles. The molecule has 0 radical (unpaired) electrons. The normalized spacial score (nSPS) is 11.8. The van der Waals surface area contributed by atoms with Crippen LogP contribution in [0.4, 0.5) is 0 Å². The van der Waals surface area contributed by atoms with Gasteiger partial charge in [0.25, 0.3) is 5.91 Å². The molecule has 3 aromatic carbocycles. The lowest BCUT2D eigenvalue weighted by atomic mass is 9.97. The zero-order valence-corrected chi connectivity index (χ0v) is 14.9. The van der Waals surface area contributed by atoms with Crippen molar-refractivity contribution in [2.24, 2.45) is 0 Å². The van der Waals surface area contributed by atoms with Crippen molar-refractivity contribution in [3.05, 3.63) is 106 Å². The first-order chi connectivity index (χ1) is 12.0. The van der Waals surface area contributed by atoms with Crippen LogP contribution in [0.2, 0.25) is 0 Å². The average molecular weight is 329 g/mol. The van der Waals surface area contributed by atoms with Crippen molar-refractivity contribution in [3.63, 3.8) is 0 Å². The highest BCUT2D eigenvalue weighted by Crippen LogP contribution is 2.23. The molecule has 0 aliphatic carbocycles. The van der Waals surface area contributed by atoms with E-state index in [0.29, 0.717) is 0 Å². The second-order valence-electron chi connectivity index (χ2n) is 6.55. The van der Waals surface area contributed by atoms with Gasteiger partial charge in [0, 0.05) is 5.56 Å². The van der Waals surface area contributed by atoms with E-state index in [4.69, 9.17) is 0 Å². The number of amides is 1. The SMILES string of the molecule is Cc1ccc([C@@H](NC(=O)c2ccc(C)cc2C)c2ccccc2)cc1. The van der Waals surface area contributed by atoms with Gasteiger partial charge in [-0.05, 0) is 43.5 Å². The summed E-state index contributed by atoms with van der Waals surface area (Å²) in [6, 6.07) is 24.1. The van der Waals surface area contributed by atoms with Crippen molar-refractivity contribution >= 4 is 5.91 Å². The van der Waals surface area contributed by atoms with Crippen LogP contribution in [-0.2, 0) is 0 Å². The predicted octanol–water partition coefficient (Wildman–Crippen LogP) is 5.13. The molecule has 0 spiro atoms. The van der Waals surface area contributed by atoms with Crippen LogP contribution >= 0.6 is 0 Å². The molecular formula is C23H23NO. The fourth-order valence-electron chi connectivity index (χ4n) is 3.04. The minimum absolute atomic E-state index is 0.0491. The Kier molecular flexibility index (Phi) is 4.99. The van der Waals surface area contributed by atoms with Gasteiger partial charge in [0.1, 0.15) is 0 Å². The number of carbonyl (C=O) groups excluding carboxylic acids is 1. The standard InChI is InChI=1S/C23H23NO/c1-16-9-12-20(13-10-16)22(19-7-5-4-6-8-19)24-23(25)21-14-11-17(2)15-18(21)3/h4-15,22H,1-3H3,(H,24,25)/t22-/m0/s1. The number of aryl methyl sites for hydroxylation is 3. The molecule has 0 saturated heterocycles. The second-order valence-corrected chi connectivity index (χ2v) is 6.55. The van der Waals surface area contributed by atoms with Gasteiger partial charge >= 0.3 is 0 Å². The Bertz CT molecular complexity index is 866. The molecule has 1 N–H and O–H groups in total. The van der Waals surface area contributed by atoms with Crippen LogP contribution in [0, 0.1) is 20.8 Å². The maximum Gasteiger partial charge on any atom is 0.252 e. The molecule has 0 aromatic heterocycles. The summed E-state index contributed by atoms with van der Waals surface area (Å²) in [7, 11) is 0. The molecule has 0 bridgehead atoms. The molecule has 0 saturated carbocycles. The largest absolute Gasteiger partial charge is 0.341 e. The smallest absolute Gasteiger partial charge is 0.252 e. The van der Waals surface area contributed by atoms with Crippen molar-refractivity contribution in [2.75, 3.05) is 0 Å². The predicted molar refractivity (Wildman–Crippen MR) is 103 cm³/mol. The summed E-state index contributed by atoms with van der Waals surface area (Å²) in [4.78, 5) is 12.9. The highest BCUT2D eigenvalue weighted by atomic mass is 16.1. The fourth-order valence-corrected chi connectivity index (χ4v) is 3.04. The average Bonchev–Trinajstić information content (AvgIpc) is 2.61. The van der Waals surface area contributed by atoms with Crippen molar-refractivity contribution in [2.45, 2.75) is 26.8 Å². The molecule has 0 fully saturated rings. The maximum atomic E-state index is 12.9. The molecule has 0 aliphatic rings. The molecular weight excluding hydrogens is 306 g/mol. The minimum atomic E-state index is -0.171. The van der Waals surface area contributed by atoms with E-state index in [1.165, 1.54) is 5.56 Å². The summed E-state index contributed by atoms with van der Waals surface area (Å²) in [5.41, 5.74) is 6.23. The van der Waals surface area contributed by atoms with Gasteiger partial charge in [-0.1, -0.05) is 77.9 Å². The molecule has 3 rings (SSSR count). The topological polar surface area (TPSA) is 29.1 Å². The Labute approximate surface area is 149 Å². The van der Waals surface area contributed by atoms with Crippen molar-refractivity contribution in [1.82, 2.24) is 5.32 Å². The minimum Gasteiger partial charge on any atom is -0.341 e. The Balaban J connectivity index is 1.95. The lowest BCUT2D eigenvalue weighted by Gasteiger charge is -2.21. The Morgan fingerprint density at radius 2 is 1.36 bits per heavy atom. The Morgan fingerprint density at radius 3 is 2.00 bits per heavy atom. The number of benzene rings is 3. The van der Waals surface area contributed by atoms with Crippen LogP contribution in [0.3, 0.4) is 0 Å². The summed E-state index contributed by atoms with van der Waals surface area (Å²) < 4.78 is 0. The highest BCUT2D eigenvalue weighted by Gasteiger charge is 2.18.